The molecule has 0 aliphatic carbocycles. The van der Waals surface area contributed by atoms with Crippen molar-refractivity contribution >= 4 is 17.5 Å². The molecule has 2 aliphatic heterocycles. The average Bonchev–Trinajstić information content (AvgIpc) is 3.61. The fraction of sp³-hybridized carbons (Fsp3) is 0.481. The molecule has 2 fully saturated rings. The Labute approximate surface area is 235 Å². The van der Waals surface area contributed by atoms with E-state index in [0.717, 1.165) is 12.8 Å². The molecular formula is C27H31F2N9O3. The second-order valence-electron chi connectivity index (χ2n) is 10.8. The number of amides is 2. The van der Waals surface area contributed by atoms with E-state index in [9.17, 15) is 23.6 Å². The van der Waals surface area contributed by atoms with Gasteiger partial charge in [0.15, 0.2) is 5.69 Å². The van der Waals surface area contributed by atoms with Crippen molar-refractivity contribution in [2.24, 2.45) is 0 Å². The Balaban J connectivity index is 1.24. The van der Waals surface area contributed by atoms with Crippen LogP contribution in [0.25, 0.3) is 11.3 Å². The number of nitrogens with zero attached hydrogens (tertiary/aromatic N) is 8. The number of rotatable bonds is 8. The number of carbonyl (C=O) groups is 2. The highest BCUT2D eigenvalue weighted by atomic mass is 19.3. The summed E-state index contributed by atoms with van der Waals surface area (Å²) in [6.07, 6.45) is 3.31. The van der Waals surface area contributed by atoms with Gasteiger partial charge in [-0.25, -0.2) is 13.8 Å². The van der Waals surface area contributed by atoms with Crippen LogP contribution in [0.3, 0.4) is 0 Å². The lowest BCUT2D eigenvalue weighted by molar-refractivity contribution is -0.136. The molecule has 2 N–H and O–H groups in total. The molecule has 0 aromatic carbocycles. The predicted octanol–water partition coefficient (Wildman–Crippen LogP) is 2.43. The lowest BCUT2D eigenvalue weighted by Gasteiger charge is -2.47. The van der Waals surface area contributed by atoms with E-state index in [-0.39, 0.29) is 29.4 Å². The maximum absolute atomic E-state index is 13.9. The molecule has 0 saturated carbocycles. The molecule has 2 amide bonds. The lowest BCUT2D eigenvalue weighted by atomic mass is 9.97. The Hall–Kier alpha value is -4.22. The van der Waals surface area contributed by atoms with Gasteiger partial charge >= 0.3 is 0 Å². The van der Waals surface area contributed by atoms with Gasteiger partial charge in [-0.3, -0.25) is 23.9 Å². The highest BCUT2D eigenvalue weighted by Crippen LogP contribution is 2.32. The summed E-state index contributed by atoms with van der Waals surface area (Å²) in [7, 11) is 0. The molecule has 0 bridgehead atoms. The highest BCUT2D eigenvalue weighted by molar-refractivity contribution is 6.03. The fourth-order valence-electron chi connectivity index (χ4n) is 5.10. The van der Waals surface area contributed by atoms with Gasteiger partial charge in [-0.15, -0.1) is 0 Å². The van der Waals surface area contributed by atoms with E-state index in [1.54, 1.807) is 43.3 Å². The Kier molecular flexibility index (Phi) is 7.83. The summed E-state index contributed by atoms with van der Waals surface area (Å²) in [6, 6.07) is 7.12. The third-order valence-corrected chi connectivity index (χ3v) is 7.66. The summed E-state index contributed by atoms with van der Waals surface area (Å²) in [5, 5.41) is 29.3. The number of piperidine rings is 1. The largest absolute Gasteiger partial charge is 0.387 e. The van der Waals surface area contributed by atoms with Crippen LogP contribution in [0.1, 0.15) is 55.3 Å². The molecule has 5 heterocycles. The van der Waals surface area contributed by atoms with Gasteiger partial charge in [-0.05, 0) is 38.8 Å². The summed E-state index contributed by atoms with van der Waals surface area (Å²) in [5.41, 5.74) is -0.371. The first-order chi connectivity index (χ1) is 19.6. The number of alkyl halides is 2. The molecular weight excluding hydrogens is 536 g/mol. The molecule has 0 radical (unpaired) electrons. The molecule has 2 saturated heterocycles. The molecule has 41 heavy (non-hydrogen) atoms. The number of halogens is 2. The first-order valence-electron chi connectivity index (χ1n) is 13.3. The highest BCUT2D eigenvalue weighted by Gasteiger charge is 2.37. The van der Waals surface area contributed by atoms with Gasteiger partial charge in [0.2, 0.25) is 5.91 Å². The minimum Gasteiger partial charge on any atom is -0.387 e. The Bertz CT molecular complexity index is 1460. The van der Waals surface area contributed by atoms with Crippen molar-refractivity contribution in [3.8, 4) is 17.3 Å². The zero-order chi connectivity index (χ0) is 29.3. The fourth-order valence-corrected chi connectivity index (χ4v) is 5.10. The quantitative estimate of drug-likeness (QED) is 0.422. The molecule has 3 aromatic heterocycles. The summed E-state index contributed by atoms with van der Waals surface area (Å²) in [5.74, 6) is -0.925. The maximum Gasteiger partial charge on any atom is 0.284 e. The van der Waals surface area contributed by atoms with Crippen LogP contribution >= 0.6 is 0 Å². The second-order valence-corrected chi connectivity index (χ2v) is 10.8. The van der Waals surface area contributed by atoms with Crippen molar-refractivity contribution in [3.63, 3.8) is 0 Å². The molecule has 0 atom stereocenters. The average molecular weight is 568 g/mol. The molecule has 0 unspecified atom stereocenters. The van der Waals surface area contributed by atoms with Gasteiger partial charge in [0.1, 0.15) is 17.8 Å². The normalized spacial score (nSPS) is 17.0. The number of aliphatic hydroxyl groups is 1. The van der Waals surface area contributed by atoms with Crippen molar-refractivity contribution in [1.82, 2.24) is 34.3 Å². The first kappa shape index (κ1) is 28.3. The van der Waals surface area contributed by atoms with Crippen LogP contribution in [0.2, 0.25) is 0 Å². The van der Waals surface area contributed by atoms with Crippen molar-refractivity contribution in [1.29, 1.82) is 5.26 Å². The molecule has 216 valence electrons. The third-order valence-electron chi connectivity index (χ3n) is 7.66. The first-order valence-corrected chi connectivity index (χ1v) is 13.3. The number of likely N-dealkylation sites (tertiary alicyclic amines) is 2. The smallest absolute Gasteiger partial charge is 0.284 e. The van der Waals surface area contributed by atoms with Crippen LogP contribution in [0.4, 0.5) is 14.5 Å². The van der Waals surface area contributed by atoms with Crippen LogP contribution in [0.15, 0.2) is 36.8 Å². The van der Waals surface area contributed by atoms with Crippen LogP contribution in [0, 0.1) is 11.3 Å². The molecule has 3 aromatic rings. The van der Waals surface area contributed by atoms with E-state index < -0.39 is 30.2 Å². The molecule has 12 nitrogen and oxygen atoms in total. The number of hydrogen-bond acceptors (Lipinski definition) is 8. The van der Waals surface area contributed by atoms with Gasteiger partial charge in [-0.2, -0.15) is 15.5 Å². The number of aromatic nitrogens is 5. The SMILES string of the molecule is CC(C)(C#N)n1cc(-c2cccc(C(=O)Nc3cn(C4CN(C5CCN(C(=O)CO)CC5)C4)nc3C(F)F)n2)cn1. The predicted molar refractivity (Wildman–Crippen MR) is 143 cm³/mol. The van der Waals surface area contributed by atoms with Gasteiger partial charge in [0.25, 0.3) is 12.3 Å². The number of nitrogens with one attached hydrogen (secondary N) is 1. The standard InChI is InChI=1S/C27H31F2N9O3/c1-27(2,16-30)38-11-17(10-31-38)20-4-3-5-21(32-20)26(41)33-22-14-37(34-24(22)25(28)29)19-12-36(13-19)18-6-8-35(9-7-18)23(40)15-39/h3-5,10-11,14,18-19,25,39H,6-9,12-13,15H2,1-2H3,(H,33,41). The van der Waals surface area contributed by atoms with Gasteiger partial charge in [-0.1, -0.05) is 6.07 Å². The topological polar surface area (TPSA) is 145 Å². The summed E-state index contributed by atoms with van der Waals surface area (Å²) in [6.45, 7) is 5.34. The second kappa shape index (κ2) is 11.3. The van der Waals surface area contributed by atoms with E-state index >= 15 is 0 Å². The van der Waals surface area contributed by atoms with Crippen LogP contribution in [0.5, 0.6) is 0 Å². The number of aliphatic hydroxyl groups excluding tert-OH is 1. The summed E-state index contributed by atoms with van der Waals surface area (Å²) < 4.78 is 30.7. The minimum absolute atomic E-state index is 0.0311. The monoisotopic (exact) mass is 567 g/mol. The van der Waals surface area contributed by atoms with Crippen LogP contribution in [-0.2, 0) is 10.3 Å². The van der Waals surface area contributed by atoms with E-state index in [4.69, 9.17) is 5.11 Å². The number of anilines is 1. The van der Waals surface area contributed by atoms with Crippen LogP contribution in [-0.4, -0.2) is 90.1 Å². The lowest BCUT2D eigenvalue weighted by Crippen LogP contribution is -2.56. The Morgan fingerprint density at radius 1 is 1.20 bits per heavy atom. The molecule has 0 spiro atoms. The zero-order valence-corrected chi connectivity index (χ0v) is 22.7. The minimum atomic E-state index is -2.88. The summed E-state index contributed by atoms with van der Waals surface area (Å²) >= 11 is 0. The number of pyridine rings is 1. The van der Waals surface area contributed by atoms with Crippen molar-refractivity contribution in [2.45, 2.75) is 50.7 Å². The van der Waals surface area contributed by atoms with Crippen molar-refractivity contribution in [2.75, 3.05) is 38.1 Å². The van der Waals surface area contributed by atoms with E-state index in [1.807, 2.05) is 0 Å². The number of hydrogen-bond donors (Lipinski definition) is 2. The van der Waals surface area contributed by atoms with Crippen molar-refractivity contribution < 1.29 is 23.5 Å². The summed E-state index contributed by atoms with van der Waals surface area (Å²) in [4.78, 5) is 33.0. The third kappa shape index (κ3) is 5.82. The van der Waals surface area contributed by atoms with Crippen molar-refractivity contribution in [3.05, 3.63) is 48.2 Å². The Morgan fingerprint density at radius 3 is 2.59 bits per heavy atom. The number of carbonyl (C=O) groups excluding carboxylic acids is 2. The molecule has 5 rings (SSSR count). The zero-order valence-electron chi connectivity index (χ0n) is 22.7. The van der Waals surface area contributed by atoms with Crippen LogP contribution < -0.4 is 5.32 Å². The van der Waals surface area contributed by atoms with E-state index in [2.05, 4.69) is 31.5 Å². The molecule has 2 aliphatic rings. The number of nitriles is 1. The van der Waals surface area contributed by atoms with Gasteiger partial charge in [0, 0.05) is 50.2 Å². The van der Waals surface area contributed by atoms with Gasteiger partial charge in [0.05, 0.1) is 29.7 Å². The van der Waals surface area contributed by atoms with E-state index in [1.165, 1.54) is 21.6 Å². The Morgan fingerprint density at radius 2 is 1.93 bits per heavy atom. The molecule has 14 heteroatoms. The van der Waals surface area contributed by atoms with E-state index in [0.29, 0.717) is 37.4 Å². The van der Waals surface area contributed by atoms with Gasteiger partial charge < -0.3 is 15.3 Å². The maximum atomic E-state index is 13.9.